The van der Waals surface area contributed by atoms with E-state index in [-0.39, 0.29) is 45.6 Å². The second-order valence-corrected chi connectivity index (χ2v) is 15.3. The molecule has 0 aromatic heterocycles. The largest absolute Gasteiger partial charge is 0.481 e. The molecule has 5 aliphatic rings. The smallest absolute Gasteiger partial charge is 0.312 e. The maximum Gasteiger partial charge on any atom is 0.312 e. The van der Waals surface area contributed by atoms with E-state index in [1.165, 1.54) is 6.92 Å². The summed E-state index contributed by atoms with van der Waals surface area (Å²) in [5.41, 5.74) is -2.02. The highest BCUT2D eigenvalue weighted by Gasteiger charge is 2.85. The van der Waals surface area contributed by atoms with Crippen LogP contribution in [0.25, 0.3) is 0 Å². The molecule has 5 fully saturated rings. The van der Waals surface area contributed by atoms with Crippen molar-refractivity contribution in [3.05, 3.63) is 12.2 Å². The topological polar surface area (TPSA) is 104 Å². The number of fused-ring (bicyclic) bond motifs is 2. The molecule has 0 saturated heterocycles. The van der Waals surface area contributed by atoms with Crippen molar-refractivity contribution in [2.24, 2.45) is 50.7 Å². The third-order valence-electron chi connectivity index (χ3n) is 13.3. The number of carbonyl (C=O) groups excluding carboxylic acids is 1. The van der Waals surface area contributed by atoms with Gasteiger partial charge in [0.1, 0.15) is 6.10 Å². The second kappa shape index (κ2) is 8.55. The molecule has 5 saturated carbocycles. The first-order valence-corrected chi connectivity index (χ1v) is 15.0. The number of carboxylic acids is 1. The summed E-state index contributed by atoms with van der Waals surface area (Å²) >= 11 is 0. The van der Waals surface area contributed by atoms with Crippen molar-refractivity contribution in [2.45, 2.75) is 124 Å². The first-order chi connectivity index (χ1) is 17.5. The van der Waals surface area contributed by atoms with Crippen molar-refractivity contribution < 1.29 is 29.6 Å². The van der Waals surface area contributed by atoms with Crippen molar-refractivity contribution in [1.29, 1.82) is 0 Å². The second-order valence-electron chi connectivity index (χ2n) is 15.3. The van der Waals surface area contributed by atoms with Crippen LogP contribution < -0.4 is 0 Å². The number of carboxylic acid groups (broad SMARTS) is 1. The zero-order chi connectivity index (χ0) is 28.1. The third kappa shape index (κ3) is 3.57. The highest BCUT2D eigenvalue weighted by Crippen LogP contribution is 2.89. The Hall–Kier alpha value is -1.40. The molecule has 11 atom stereocenters. The Balaban J connectivity index is 1.52. The number of esters is 1. The van der Waals surface area contributed by atoms with Crippen molar-refractivity contribution in [3.8, 4) is 0 Å². The number of rotatable bonds is 6. The predicted octanol–water partition coefficient (Wildman–Crippen LogP) is 5.75. The zero-order valence-electron chi connectivity index (χ0n) is 24.5. The SMILES string of the molecule is CC(=O)OC1CC2C(C)(C(=O)O)C(O)CCC23CC32CCC3(C)C(C(C)CC=CC(C)(C)O)CCC3(C)C12. The summed E-state index contributed by atoms with van der Waals surface area (Å²) in [6.45, 7) is 14.1. The van der Waals surface area contributed by atoms with Crippen molar-refractivity contribution in [2.75, 3.05) is 0 Å². The van der Waals surface area contributed by atoms with Crippen LogP contribution in [0.1, 0.15) is 106 Å². The number of ether oxygens (including phenoxy) is 1. The minimum Gasteiger partial charge on any atom is -0.481 e. The fraction of sp³-hybridized carbons (Fsp3) is 0.875. The number of hydrogen-bond acceptors (Lipinski definition) is 5. The van der Waals surface area contributed by atoms with Gasteiger partial charge in [0, 0.05) is 12.8 Å². The van der Waals surface area contributed by atoms with Gasteiger partial charge in [-0.25, -0.2) is 0 Å². The van der Waals surface area contributed by atoms with E-state index in [2.05, 4.69) is 26.8 Å². The van der Waals surface area contributed by atoms with Gasteiger partial charge in [0.25, 0.3) is 0 Å². The molecule has 0 aromatic rings. The average Bonchev–Trinajstić information content (AvgIpc) is 3.36. The number of allylic oxidation sites excluding steroid dienone is 1. The molecule has 5 aliphatic carbocycles. The van der Waals surface area contributed by atoms with Crippen LogP contribution in [0.15, 0.2) is 12.2 Å². The van der Waals surface area contributed by atoms with Gasteiger partial charge in [-0.05, 0) is 118 Å². The van der Waals surface area contributed by atoms with Gasteiger partial charge < -0.3 is 20.1 Å². The summed E-state index contributed by atoms with van der Waals surface area (Å²) in [5, 5.41) is 31.5. The summed E-state index contributed by atoms with van der Waals surface area (Å²) in [4.78, 5) is 25.1. The molecule has 0 amide bonds. The number of aliphatic hydroxyl groups excluding tert-OH is 1. The first-order valence-electron chi connectivity index (χ1n) is 15.0. The molecule has 3 N–H and O–H groups in total. The molecular formula is C32H50O6. The molecule has 6 heteroatoms. The van der Waals surface area contributed by atoms with E-state index in [0.717, 1.165) is 44.9 Å². The maximum absolute atomic E-state index is 12.7. The molecule has 0 aliphatic heterocycles. The summed E-state index contributed by atoms with van der Waals surface area (Å²) in [6.07, 6.45) is 11.1. The zero-order valence-corrected chi connectivity index (χ0v) is 24.5. The quantitative estimate of drug-likeness (QED) is 0.299. The lowest BCUT2D eigenvalue weighted by atomic mass is 9.41. The lowest BCUT2D eigenvalue weighted by Crippen LogP contribution is -2.64. The van der Waals surface area contributed by atoms with Gasteiger partial charge in [-0.3, -0.25) is 9.59 Å². The van der Waals surface area contributed by atoms with Crippen LogP contribution >= 0.6 is 0 Å². The molecular weight excluding hydrogens is 480 g/mol. The molecule has 6 nitrogen and oxygen atoms in total. The molecule has 0 bridgehead atoms. The summed E-state index contributed by atoms with van der Waals surface area (Å²) in [6, 6.07) is 0. The van der Waals surface area contributed by atoms with Gasteiger partial charge >= 0.3 is 11.9 Å². The third-order valence-corrected chi connectivity index (χ3v) is 13.3. The van der Waals surface area contributed by atoms with Crippen LogP contribution in [-0.2, 0) is 14.3 Å². The molecule has 0 radical (unpaired) electrons. The highest BCUT2D eigenvalue weighted by atomic mass is 16.5. The molecule has 38 heavy (non-hydrogen) atoms. The van der Waals surface area contributed by atoms with Gasteiger partial charge in [0.15, 0.2) is 0 Å². The Morgan fingerprint density at radius 1 is 1.05 bits per heavy atom. The van der Waals surface area contributed by atoms with Gasteiger partial charge in [0.05, 0.1) is 17.1 Å². The summed E-state index contributed by atoms with van der Waals surface area (Å²) in [7, 11) is 0. The van der Waals surface area contributed by atoms with Crippen LogP contribution in [-0.4, -0.2) is 45.1 Å². The van der Waals surface area contributed by atoms with Crippen molar-refractivity contribution in [1.82, 2.24) is 0 Å². The van der Waals surface area contributed by atoms with E-state index in [1.54, 1.807) is 20.8 Å². The van der Waals surface area contributed by atoms with Crippen molar-refractivity contribution >= 4 is 11.9 Å². The molecule has 2 spiro atoms. The Kier molecular flexibility index (Phi) is 6.33. The normalized spacial score (nSPS) is 50.4. The Morgan fingerprint density at radius 3 is 2.34 bits per heavy atom. The van der Waals surface area contributed by atoms with E-state index in [9.17, 15) is 24.9 Å². The summed E-state index contributed by atoms with van der Waals surface area (Å²) in [5.74, 6) is -0.163. The standard InChI is InChI=1S/C32H50O6/c1-19(9-8-12-27(3,4)37)21-10-13-29(6)25-22(38-20(2)33)17-23-30(7,26(35)36)24(34)11-14-31(23)18-32(25,31)16-15-28(21,29)5/h8,12,19,21-25,34,37H,9-11,13-18H2,1-7H3,(H,35,36). The maximum atomic E-state index is 12.7. The van der Waals surface area contributed by atoms with Crippen LogP contribution in [0.5, 0.6) is 0 Å². The van der Waals surface area contributed by atoms with E-state index in [1.807, 2.05) is 6.08 Å². The van der Waals surface area contributed by atoms with Crippen LogP contribution in [0.3, 0.4) is 0 Å². The van der Waals surface area contributed by atoms with Crippen LogP contribution in [0.2, 0.25) is 0 Å². The van der Waals surface area contributed by atoms with Crippen molar-refractivity contribution in [3.63, 3.8) is 0 Å². The van der Waals surface area contributed by atoms with Gasteiger partial charge in [-0.15, -0.1) is 0 Å². The lowest BCUT2D eigenvalue weighted by Gasteiger charge is -2.64. The van der Waals surface area contributed by atoms with E-state index in [0.29, 0.717) is 24.7 Å². The number of aliphatic carboxylic acids is 1. The monoisotopic (exact) mass is 530 g/mol. The Morgan fingerprint density at radius 2 is 1.74 bits per heavy atom. The fourth-order valence-corrected chi connectivity index (χ4v) is 11.3. The molecule has 5 rings (SSSR count). The molecule has 0 aromatic carbocycles. The number of aliphatic hydroxyl groups is 2. The average molecular weight is 531 g/mol. The van der Waals surface area contributed by atoms with E-state index >= 15 is 0 Å². The van der Waals surface area contributed by atoms with E-state index in [4.69, 9.17) is 4.74 Å². The van der Waals surface area contributed by atoms with Gasteiger partial charge in [0.2, 0.25) is 0 Å². The predicted molar refractivity (Wildman–Crippen MR) is 145 cm³/mol. The van der Waals surface area contributed by atoms with Gasteiger partial charge in [-0.2, -0.15) is 0 Å². The molecule has 214 valence electrons. The minimum atomic E-state index is -1.22. The van der Waals surface area contributed by atoms with Crippen LogP contribution in [0, 0.1) is 50.7 Å². The van der Waals surface area contributed by atoms with Gasteiger partial charge in [-0.1, -0.05) is 32.9 Å². The number of carbonyl (C=O) groups is 2. The minimum absolute atomic E-state index is 0.00554. The highest BCUT2D eigenvalue weighted by molar-refractivity contribution is 5.76. The summed E-state index contributed by atoms with van der Waals surface area (Å²) < 4.78 is 6.17. The Bertz CT molecular complexity index is 1030. The number of hydrogen-bond donors (Lipinski definition) is 3. The fourth-order valence-electron chi connectivity index (χ4n) is 11.3. The van der Waals surface area contributed by atoms with Crippen LogP contribution in [0.4, 0.5) is 0 Å². The van der Waals surface area contributed by atoms with E-state index < -0.39 is 23.1 Å². The first kappa shape index (κ1) is 28.1. The lowest BCUT2D eigenvalue weighted by molar-refractivity contribution is -0.219. The Labute approximate surface area is 228 Å². The molecule has 11 unspecified atom stereocenters. The molecule has 0 heterocycles.